The molecule has 0 unspecified atom stereocenters. The highest BCUT2D eigenvalue weighted by Gasteiger charge is 2.18. The predicted octanol–water partition coefficient (Wildman–Crippen LogP) is 3.50. The van der Waals surface area contributed by atoms with Crippen molar-refractivity contribution in [2.45, 2.75) is 4.90 Å². The number of benzene rings is 2. The number of nitrogens with one attached hydrogen (secondary N) is 1. The van der Waals surface area contributed by atoms with Crippen LogP contribution in [0, 0.1) is 0 Å². The van der Waals surface area contributed by atoms with Gasteiger partial charge in [-0.2, -0.15) is 0 Å². The number of sulfonamides is 1. The quantitative estimate of drug-likeness (QED) is 0.892. The summed E-state index contributed by atoms with van der Waals surface area (Å²) in [6.07, 6.45) is 0. The molecule has 0 atom stereocenters. The second-order valence-electron chi connectivity index (χ2n) is 4.89. The normalized spacial score (nSPS) is 11.5. The van der Waals surface area contributed by atoms with Crippen LogP contribution in [0.25, 0.3) is 0 Å². The number of carbonyl (C=O) groups excluding carboxylic acids is 1. The molecule has 0 fully saturated rings. The topological polar surface area (TPSA) is 66.5 Å². The van der Waals surface area contributed by atoms with E-state index in [9.17, 15) is 13.2 Å². The molecule has 2 aromatic carbocycles. The fraction of sp³-hybridized carbons (Fsp3) is 0.133. The van der Waals surface area contributed by atoms with Crippen LogP contribution in [0.4, 0.5) is 5.69 Å². The summed E-state index contributed by atoms with van der Waals surface area (Å²) in [5, 5.41) is 3.24. The first-order valence-corrected chi connectivity index (χ1v) is 8.70. The van der Waals surface area contributed by atoms with E-state index in [1.165, 1.54) is 38.4 Å². The van der Waals surface area contributed by atoms with Crippen molar-refractivity contribution < 1.29 is 13.2 Å². The molecule has 0 bridgehead atoms. The summed E-state index contributed by atoms with van der Waals surface area (Å²) in [5.41, 5.74) is 0.550. The van der Waals surface area contributed by atoms with Crippen LogP contribution < -0.4 is 5.32 Å². The first-order chi connectivity index (χ1) is 10.7. The van der Waals surface area contributed by atoms with Gasteiger partial charge in [0.25, 0.3) is 5.91 Å². The number of carbonyl (C=O) groups is 1. The average Bonchev–Trinajstić information content (AvgIpc) is 2.49. The molecule has 0 aliphatic carbocycles. The lowest BCUT2D eigenvalue weighted by atomic mass is 10.2. The van der Waals surface area contributed by atoms with Crippen molar-refractivity contribution in [2.24, 2.45) is 0 Å². The molecule has 0 aliphatic heterocycles. The molecule has 0 heterocycles. The Labute approximate surface area is 144 Å². The van der Waals surface area contributed by atoms with Crippen LogP contribution >= 0.6 is 23.2 Å². The van der Waals surface area contributed by atoms with Crippen molar-refractivity contribution >= 4 is 44.8 Å². The molecule has 2 rings (SSSR count). The molecule has 0 saturated carbocycles. The van der Waals surface area contributed by atoms with E-state index in [4.69, 9.17) is 23.2 Å². The SMILES string of the molecule is CN(C)S(=O)(=O)c1cccc(NC(=O)c2cc(Cl)ccc2Cl)c1. The average molecular weight is 373 g/mol. The molecule has 23 heavy (non-hydrogen) atoms. The Morgan fingerprint density at radius 3 is 2.43 bits per heavy atom. The molecule has 0 aromatic heterocycles. The molecule has 0 spiro atoms. The molecule has 0 aliphatic rings. The molecule has 2 aromatic rings. The van der Waals surface area contributed by atoms with E-state index in [-0.39, 0.29) is 15.5 Å². The summed E-state index contributed by atoms with van der Waals surface area (Å²) in [5.74, 6) is -0.475. The Hall–Kier alpha value is -1.60. The van der Waals surface area contributed by atoms with Gasteiger partial charge in [0.1, 0.15) is 0 Å². The maximum absolute atomic E-state index is 12.3. The molecule has 122 valence electrons. The maximum atomic E-state index is 12.3. The highest BCUT2D eigenvalue weighted by atomic mass is 35.5. The van der Waals surface area contributed by atoms with Crippen LogP contribution in [0.3, 0.4) is 0 Å². The van der Waals surface area contributed by atoms with Crippen molar-refractivity contribution in [3.8, 4) is 0 Å². The number of halogens is 2. The number of hydrogen-bond donors (Lipinski definition) is 1. The van der Waals surface area contributed by atoms with Gasteiger partial charge in [-0.25, -0.2) is 12.7 Å². The van der Waals surface area contributed by atoms with Gasteiger partial charge in [0.05, 0.1) is 15.5 Å². The van der Waals surface area contributed by atoms with E-state index in [0.29, 0.717) is 10.7 Å². The Balaban J connectivity index is 2.31. The molecular weight excluding hydrogens is 359 g/mol. The van der Waals surface area contributed by atoms with E-state index in [2.05, 4.69) is 5.32 Å². The lowest BCUT2D eigenvalue weighted by Gasteiger charge is -2.13. The van der Waals surface area contributed by atoms with Crippen LogP contribution in [0.2, 0.25) is 10.0 Å². The van der Waals surface area contributed by atoms with E-state index >= 15 is 0 Å². The Kier molecular flexibility index (Phi) is 5.31. The lowest BCUT2D eigenvalue weighted by molar-refractivity contribution is 0.102. The minimum Gasteiger partial charge on any atom is -0.322 e. The van der Waals surface area contributed by atoms with Crippen LogP contribution in [0.5, 0.6) is 0 Å². The van der Waals surface area contributed by atoms with Crippen molar-refractivity contribution in [2.75, 3.05) is 19.4 Å². The van der Waals surface area contributed by atoms with E-state index < -0.39 is 15.9 Å². The predicted molar refractivity (Wildman–Crippen MR) is 91.7 cm³/mol. The van der Waals surface area contributed by atoms with E-state index in [1.54, 1.807) is 18.2 Å². The number of hydrogen-bond acceptors (Lipinski definition) is 3. The first kappa shape index (κ1) is 17.7. The monoisotopic (exact) mass is 372 g/mol. The van der Waals surface area contributed by atoms with Gasteiger partial charge in [-0.05, 0) is 36.4 Å². The smallest absolute Gasteiger partial charge is 0.257 e. The summed E-state index contributed by atoms with van der Waals surface area (Å²) in [4.78, 5) is 12.3. The Morgan fingerprint density at radius 2 is 1.78 bits per heavy atom. The standard InChI is InChI=1S/C15H14Cl2N2O3S/c1-19(2)23(21,22)12-5-3-4-11(9-12)18-15(20)13-8-10(16)6-7-14(13)17/h3-9H,1-2H3,(H,18,20). The van der Waals surface area contributed by atoms with Gasteiger partial charge in [0.2, 0.25) is 10.0 Å². The van der Waals surface area contributed by atoms with Gasteiger partial charge in [-0.3, -0.25) is 4.79 Å². The molecule has 8 heteroatoms. The third-order valence-electron chi connectivity index (χ3n) is 3.04. The Bertz CT molecular complexity index is 852. The minimum atomic E-state index is -3.58. The molecule has 1 amide bonds. The lowest BCUT2D eigenvalue weighted by Crippen LogP contribution is -2.22. The van der Waals surface area contributed by atoms with Gasteiger partial charge in [0.15, 0.2) is 0 Å². The zero-order chi connectivity index (χ0) is 17.2. The molecule has 0 saturated heterocycles. The van der Waals surface area contributed by atoms with Crippen LogP contribution in [-0.4, -0.2) is 32.7 Å². The molecule has 1 N–H and O–H groups in total. The highest BCUT2D eigenvalue weighted by molar-refractivity contribution is 7.89. The summed E-state index contributed by atoms with van der Waals surface area (Å²) >= 11 is 11.8. The Morgan fingerprint density at radius 1 is 1.09 bits per heavy atom. The van der Waals surface area contributed by atoms with Crippen molar-refractivity contribution in [3.05, 3.63) is 58.1 Å². The molecule has 0 radical (unpaired) electrons. The fourth-order valence-electron chi connectivity index (χ4n) is 1.82. The minimum absolute atomic E-state index is 0.0810. The van der Waals surface area contributed by atoms with Crippen molar-refractivity contribution in [1.82, 2.24) is 4.31 Å². The summed E-state index contributed by atoms with van der Waals surface area (Å²) in [7, 11) is -0.706. The second kappa shape index (κ2) is 6.88. The first-order valence-electron chi connectivity index (χ1n) is 6.51. The second-order valence-corrected chi connectivity index (χ2v) is 7.89. The third-order valence-corrected chi connectivity index (χ3v) is 5.42. The molecular formula is C15H14Cl2N2O3S. The highest BCUT2D eigenvalue weighted by Crippen LogP contribution is 2.23. The summed E-state index contributed by atoms with van der Waals surface area (Å²) in [6, 6.07) is 10.5. The van der Waals surface area contributed by atoms with Gasteiger partial charge in [-0.15, -0.1) is 0 Å². The van der Waals surface area contributed by atoms with Crippen LogP contribution in [0.15, 0.2) is 47.4 Å². The maximum Gasteiger partial charge on any atom is 0.257 e. The van der Waals surface area contributed by atoms with Crippen molar-refractivity contribution in [3.63, 3.8) is 0 Å². The zero-order valence-corrected chi connectivity index (χ0v) is 14.7. The van der Waals surface area contributed by atoms with E-state index in [0.717, 1.165) is 4.31 Å². The van der Waals surface area contributed by atoms with Gasteiger partial charge in [0, 0.05) is 24.8 Å². The zero-order valence-electron chi connectivity index (χ0n) is 12.4. The number of rotatable bonds is 4. The van der Waals surface area contributed by atoms with Gasteiger partial charge in [-0.1, -0.05) is 29.3 Å². The third kappa shape index (κ3) is 4.03. The fourth-order valence-corrected chi connectivity index (χ4v) is 3.14. The number of amides is 1. The molecule has 5 nitrogen and oxygen atoms in total. The summed E-state index contributed by atoms with van der Waals surface area (Å²) in [6.45, 7) is 0. The van der Waals surface area contributed by atoms with Crippen LogP contribution in [-0.2, 0) is 10.0 Å². The summed E-state index contributed by atoms with van der Waals surface area (Å²) < 4.78 is 25.3. The van der Waals surface area contributed by atoms with Gasteiger partial charge >= 0.3 is 0 Å². The van der Waals surface area contributed by atoms with Crippen molar-refractivity contribution in [1.29, 1.82) is 0 Å². The largest absolute Gasteiger partial charge is 0.322 e. The number of anilines is 1. The van der Waals surface area contributed by atoms with Gasteiger partial charge < -0.3 is 5.32 Å². The van der Waals surface area contributed by atoms with Crippen LogP contribution in [0.1, 0.15) is 10.4 Å². The van der Waals surface area contributed by atoms with E-state index in [1.807, 2.05) is 0 Å². The number of nitrogens with zero attached hydrogens (tertiary/aromatic N) is 1.